The van der Waals surface area contributed by atoms with E-state index in [-0.39, 0.29) is 11.5 Å². The first-order valence-electron chi connectivity index (χ1n) is 5.47. The largest absolute Gasteiger partial charge is 0.391 e. The lowest BCUT2D eigenvalue weighted by molar-refractivity contribution is 0.340. The highest BCUT2D eigenvalue weighted by Crippen LogP contribution is 2.10. The van der Waals surface area contributed by atoms with Crippen molar-refractivity contribution in [1.29, 1.82) is 0 Å². The molecule has 18 heavy (non-hydrogen) atoms. The molecule has 0 bridgehead atoms. The van der Waals surface area contributed by atoms with E-state index in [9.17, 15) is 8.42 Å². The molecule has 2 N–H and O–H groups in total. The first-order chi connectivity index (χ1) is 8.45. The van der Waals surface area contributed by atoms with Crippen LogP contribution in [0, 0.1) is 6.92 Å². The van der Waals surface area contributed by atoms with Gasteiger partial charge in [-0.25, -0.2) is 13.1 Å². The average Bonchev–Trinajstić information content (AvgIpc) is 2.35. The van der Waals surface area contributed by atoms with E-state index in [4.69, 9.17) is 5.11 Å². The quantitative estimate of drug-likeness (QED) is 0.782. The molecule has 1 aromatic carbocycles. The number of sulfonamides is 1. The van der Waals surface area contributed by atoms with Gasteiger partial charge in [-0.2, -0.15) is 0 Å². The molecule has 0 saturated carbocycles. The lowest BCUT2D eigenvalue weighted by atomic mass is 10.2. The Kier molecular flexibility index (Phi) is 6.01. The van der Waals surface area contributed by atoms with E-state index in [1.807, 2.05) is 6.92 Å². The third kappa shape index (κ3) is 4.89. The van der Waals surface area contributed by atoms with Gasteiger partial charge >= 0.3 is 0 Å². The summed E-state index contributed by atoms with van der Waals surface area (Å²) < 4.78 is 26.9. The van der Waals surface area contributed by atoms with E-state index in [1.165, 1.54) is 0 Å². The first kappa shape index (κ1) is 15.4. The van der Waals surface area contributed by atoms with Crippen molar-refractivity contribution in [3.05, 3.63) is 40.4 Å². The van der Waals surface area contributed by atoms with Crippen LogP contribution in [0.4, 0.5) is 0 Å². The Balaban J connectivity index is 2.58. The number of benzene rings is 1. The van der Waals surface area contributed by atoms with Gasteiger partial charge in [-0.15, -0.1) is 0 Å². The van der Waals surface area contributed by atoms with Crippen molar-refractivity contribution in [2.75, 3.05) is 13.2 Å². The molecule has 1 rings (SSSR count). The van der Waals surface area contributed by atoms with Crippen LogP contribution in [0.2, 0.25) is 0 Å². The Bertz CT molecular complexity index is 509. The summed E-state index contributed by atoms with van der Waals surface area (Å²) in [6, 6.07) is 6.68. The van der Waals surface area contributed by atoms with Gasteiger partial charge in [0.1, 0.15) is 0 Å². The molecule has 0 aliphatic rings. The van der Waals surface area contributed by atoms with Gasteiger partial charge in [0.25, 0.3) is 0 Å². The Morgan fingerprint density at radius 3 is 2.56 bits per heavy atom. The van der Waals surface area contributed by atoms with E-state index < -0.39 is 10.0 Å². The Hall–Kier alpha value is -0.690. The molecule has 0 atom stereocenters. The van der Waals surface area contributed by atoms with Crippen molar-refractivity contribution >= 4 is 26.0 Å². The number of hydrogen-bond donors (Lipinski definition) is 2. The van der Waals surface area contributed by atoms with Crippen LogP contribution >= 0.6 is 15.9 Å². The van der Waals surface area contributed by atoms with Crippen LogP contribution in [0.25, 0.3) is 0 Å². The van der Waals surface area contributed by atoms with Crippen molar-refractivity contribution in [2.45, 2.75) is 18.2 Å². The molecule has 0 aromatic heterocycles. The minimum Gasteiger partial charge on any atom is -0.391 e. The van der Waals surface area contributed by atoms with E-state index in [2.05, 4.69) is 20.7 Å². The summed E-state index contributed by atoms with van der Waals surface area (Å²) >= 11 is 3.14. The zero-order valence-corrected chi connectivity index (χ0v) is 12.5. The highest BCUT2D eigenvalue weighted by molar-refractivity contribution is 9.11. The maximum absolute atomic E-state index is 11.9. The van der Waals surface area contributed by atoms with Crippen molar-refractivity contribution < 1.29 is 13.5 Å². The highest BCUT2D eigenvalue weighted by atomic mass is 79.9. The Morgan fingerprint density at radius 2 is 2.00 bits per heavy atom. The van der Waals surface area contributed by atoms with E-state index in [0.717, 1.165) is 5.56 Å². The number of halogens is 1. The molecule has 0 spiro atoms. The molecule has 6 heteroatoms. The fourth-order valence-electron chi connectivity index (χ4n) is 1.29. The third-order valence-electron chi connectivity index (χ3n) is 2.28. The molecular weight excluding hydrogens is 318 g/mol. The number of nitrogens with one attached hydrogen (secondary N) is 1. The number of rotatable bonds is 6. The molecule has 4 nitrogen and oxygen atoms in total. The van der Waals surface area contributed by atoms with Crippen LogP contribution in [-0.4, -0.2) is 26.7 Å². The summed E-state index contributed by atoms with van der Waals surface area (Å²) in [4.78, 5) is 0.262. The van der Waals surface area contributed by atoms with Gasteiger partial charge in [0.15, 0.2) is 0 Å². The predicted octanol–water partition coefficient (Wildman–Crippen LogP) is 1.93. The van der Waals surface area contributed by atoms with Crippen LogP contribution in [0.15, 0.2) is 39.7 Å². The number of hydrogen-bond acceptors (Lipinski definition) is 3. The second-order valence-corrected chi connectivity index (χ2v) is 6.59. The van der Waals surface area contributed by atoms with Crippen LogP contribution in [0.1, 0.15) is 12.0 Å². The normalized spacial score (nSPS) is 12.7. The highest BCUT2D eigenvalue weighted by Gasteiger charge is 2.11. The van der Waals surface area contributed by atoms with Gasteiger partial charge < -0.3 is 5.11 Å². The second-order valence-electron chi connectivity index (χ2n) is 3.81. The molecule has 0 amide bonds. The van der Waals surface area contributed by atoms with Gasteiger partial charge in [-0.05, 0) is 25.5 Å². The zero-order valence-electron chi connectivity index (χ0n) is 10.1. The third-order valence-corrected chi connectivity index (χ3v) is 4.34. The summed E-state index contributed by atoms with van der Waals surface area (Å²) in [5, 5.41) is 8.74. The summed E-state index contributed by atoms with van der Waals surface area (Å²) in [6.45, 7) is 2.12. The molecule has 0 heterocycles. The molecule has 0 fully saturated rings. The van der Waals surface area contributed by atoms with Crippen molar-refractivity contribution in [1.82, 2.24) is 4.72 Å². The lowest BCUT2D eigenvalue weighted by Gasteiger charge is -2.05. The lowest BCUT2D eigenvalue weighted by Crippen LogP contribution is -2.24. The molecule has 0 saturated heterocycles. The fraction of sp³-hybridized carbons (Fsp3) is 0.333. The van der Waals surface area contributed by atoms with Crippen molar-refractivity contribution in [3.63, 3.8) is 0 Å². The van der Waals surface area contributed by atoms with Gasteiger partial charge in [0, 0.05) is 11.0 Å². The predicted molar refractivity (Wildman–Crippen MR) is 75.1 cm³/mol. The SMILES string of the molecule is Cc1ccc(S(=O)(=O)NCC/C=C(/Br)CO)cc1. The molecule has 0 unspecified atom stereocenters. The summed E-state index contributed by atoms with van der Waals surface area (Å²) in [7, 11) is -3.44. The summed E-state index contributed by atoms with van der Waals surface area (Å²) in [6.07, 6.45) is 2.25. The molecular formula is C12H16BrNO3S. The minimum absolute atomic E-state index is 0.0787. The van der Waals surface area contributed by atoms with Gasteiger partial charge in [0.05, 0.1) is 11.5 Å². The van der Waals surface area contributed by atoms with Gasteiger partial charge in [-0.3, -0.25) is 0 Å². The monoisotopic (exact) mass is 333 g/mol. The van der Waals surface area contributed by atoms with Crippen molar-refractivity contribution in [3.8, 4) is 0 Å². The van der Waals surface area contributed by atoms with Crippen LogP contribution in [0.5, 0.6) is 0 Å². The second kappa shape index (κ2) is 7.04. The Morgan fingerprint density at radius 1 is 1.39 bits per heavy atom. The van der Waals surface area contributed by atoms with E-state index in [1.54, 1.807) is 30.3 Å². The van der Waals surface area contributed by atoms with Crippen LogP contribution in [-0.2, 0) is 10.0 Å². The molecule has 0 radical (unpaired) electrons. The summed E-state index contributed by atoms with van der Waals surface area (Å²) in [5.41, 5.74) is 1.02. The molecule has 100 valence electrons. The Labute approximate surface area is 116 Å². The molecule has 1 aromatic rings. The zero-order chi connectivity index (χ0) is 13.6. The maximum Gasteiger partial charge on any atom is 0.240 e. The number of aryl methyl sites for hydroxylation is 1. The standard InChI is InChI=1S/C12H16BrNO3S/c1-10-4-6-12(7-5-10)18(16,17)14-8-2-3-11(13)9-15/h3-7,14-15H,2,8-9H2,1H3/b11-3+. The average molecular weight is 334 g/mol. The molecule has 0 aliphatic heterocycles. The first-order valence-corrected chi connectivity index (χ1v) is 7.75. The summed E-state index contributed by atoms with van der Waals surface area (Å²) in [5.74, 6) is 0. The number of aliphatic hydroxyl groups excluding tert-OH is 1. The maximum atomic E-state index is 11.9. The van der Waals surface area contributed by atoms with Gasteiger partial charge in [0.2, 0.25) is 10.0 Å². The molecule has 0 aliphatic carbocycles. The fourth-order valence-corrected chi connectivity index (χ4v) is 2.56. The minimum atomic E-state index is -3.44. The number of aliphatic hydroxyl groups is 1. The van der Waals surface area contributed by atoms with E-state index in [0.29, 0.717) is 17.4 Å². The van der Waals surface area contributed by atoms with E-state index >= 15 is 0 Å². The van der Waals surface area contributed by atoms with Gasteiger partial charge in [-0.1, -0.05) is 39.7 Å². The topological polar surface area (TPSA) is 66.4 Å². The smallest absolute Gasteiger partial charge is 0.240 e. The van der Waals surface area contributed by atoms with Crippen LogP contribution < -0.4 is 4.72 Å². The van der Waals surface area contributed by atoms with Crippen LogP contribution in [0.3, 0.4) is 0 Å². The van der Waals surface area contributed by atoms with Crippen molar-refractivity contribution in [2.24, 2.45) is 0 Å².